The van der Waals surface area contributed by atoms with Crippen LogP contribution in [0.1, 0.15) is 88.5 Å². The predicted molar refractivity (Wildman–Crippen MR) is 138 cm³/mol. The Bertz CT molecular complexity index is 1240. The number of pyridine rings is 1. The van der Waals surface area contributed by atoms with Crippen LogP contribution in [0.15, 0.2) is 41.4 Å². The van der Waals surface area contributed by atoms with Crippen LogP contribution in [-0.2, 0) is 9.53 Å². The van der Waals surface area contributed by atoms with Gasteiger partial charge >= 0.3 is 5.97 Å². The lowest BCUT2D eigenvalue weighted by Crippen LogP contribution is -2.28. The van der Waals surface area contributed by atoms with Gasteiger partial charge in [0.1, 0.15) is 0 Å². The summed E-state index contributed by atoms with van der Waals surface area (Å²) in [6, 6.07) is 3.75. The molecular formula is C28H35NO4S. The number of aliphatic carboxylic acids is 1. The van der Waals surface area contributed by atoms with E-state index in [2.05, 4.69) is 26.5 Å². The molecule has 0 bridgehead atoms. The zero-order valence-corrected chi connectivity index (χ0v) is 21.8. The highest BCUT2D eigenvalue weighted by Crippen LogP contribution is 2.49. The molecule has 0 amide bonds. The highest BCUT2D eigenvalue weighted by molar-refractivity contribution is 7.16. The zero-order chi connectivity index (χ0) is 25.0. The normalized spacial score (nSPS) is 20.7. The molecule has 1 fully saturated rings. The fourth-order valence-electron chi connectivity index (χ4n) is 4.66. The molecule has 0 aromatic carbocycles. The molecule has 1 saturated carbocycles. The van der Waals surface area contributed by atoms with Crippen LogP contribution in [-0.4, -0.2) is 21.2 Å². The van der Waals surface area contributed by atoms with Crippen LogP contribution < -0.4 is 5.56 Å². The van der Waals surface area contributed by atoms with Gasteiger partial charge < -0.3 is 14.4 Å². The lowest BCUT2D eigenvalue weighted by atomic mass is 9.76. The number of hydrogen-bond donors (Lipinski definition) is 1. The first-order valence-corrected chi connectivity index (χ1v) is 12.7. The van der Waals surface area contributed by atoms with Crippen molar-refractivity contribution in [3.63, 3.8) is 0 Å². The summed E-state index contributed by atoms with van der Waals surface area (Å²) in [5.41, 5.74) is 4.24. The van der Waals surface area contributed by atoms with E-state index in [1.165, 1.54) is 0 Å². The molecule has 2 aliphatic rings. The molecule has 0 aliphatic heterocycles. The van der Waals surface area contributed by atoms with Gasteiger partial charge in [-0.15, -0.1) is 11.3 Å². The molecule has 2 heterocycles. The maximum atomic E-state index is 12.9. The SMILES string of the molecule is C=C1CC1n1ccc(-c2sc(C)c(C(OC(C)(C)C)C(=O)O)c2C2=CCC(C)(C)CC2)cc1=O. The van der Waals surface area contributed by atoms with Gasteiger partial charge in [-0.2, -0.15) is 0 Å². The highest BCUT2D eigenvalue weighted by Gasteiger charge is 2.36. The van der Waals surface area contributed by atoms with E-state index in [0.717, 1.165) is 57.7 Å². The van der Waals surface area contributed by atoms with Gasteiger partial charge in [-0.05, 0) is 76.0 Å². The first-order chi connectivity index (χ1) is 15.8. The lowest BCUT2D eigenvalue weighted by Gasteiger charge is -2.31. The summed E-state index contributed by atoms with van der Waals surface area (Å²) >= 11 is 1.55. The van der Waals surface area contributed by atoms with Gasteiger partial charge in [-0.3, -0.25) is 4.79 Å². The summed E-state index contributed by atoms with van der Waals surface area (Å²) in [5, 5.41) is 10.2. The monoisotopic (exact) mass is 481 g/mol. The van der Waals surface area contributed by atoms with E-state index in [-0.39, 0.29) is 17.0 Å². The van der Waals surface area contributed by atoms with Crippen LogP contribution in [0.25, 0.3) is 16.0 Å². The van der Waals surface area contributed by atoms with Crippen LogP contribution in [0, 0.1) is 12.3 Å². The van der Waals surface area contributed by atoms with Crippen molar-refractivity contribution in [3.05, 3.63) is 62.9 Å². The molecule has 5 nitrogen and oxygen atoms in total. The van der Waals surface area contributed by atoms with Crippen LogP contribution in [0.2, 0.25) is 0 Å². The lowest BCUT2D eigenvalue weighted by molar-refractivity contribution is -0.160. The van der Waals surface area contributed by atoms with Crippen molar-refractivity contribution in [2.24, 2.45) is 5.41 Å². The second kappa shape index (κ2) is 8.65. The molecule has 2 atom stereocenters. The first kappa shape index (κ1) is 24.7. The summed E-state index contributed by atoms with van der Waals surface area (Å²) in [7, 11) is 0. The minimum absolute atomic E-state index is 0.0563. The Morgan fingerprint density at radius 1 is 1.35 bits per heavy atom. The average Bonchev–Trinajstić information content (AvgIpc) is 3.34. The number of rotatable bonds is 6. The Hall–Kier alpha value is -2.44. The predicted octanol–water partition coefficient (Wildman–Crippen LogP) is 6.92. The molecule has 34 heavy (non-hydrogen) atoms. The molecule has 0 radical (unpaired) electrons. The van der Waals surface area contributed by atoms with Crippen LogP contribution >= 0.6 is 11.3 Å². The van der Waals surface area contributed by atoms with E-state index in [4.69, 9.17) is 4.74 Å². The average molecular weight is 482 g/mol. The molecule has 1 N–H and O–H groups in total. The Balaban J connectivity index is 1.89. The van der Waals surface area contributed by atoms with Crippen molar-refractivity contribution >= 4 is 22.9 Å². The second-order valence-corrected chi connectivity index (χ2v) is 12.6. The van der Waals surface area contributed by atoms with Gasteiger partial charge in [0, 0.05) is 33.1 Å². The molecule has 182 valence electrons. The first-order valence-electron chi connectivity index (χ1n) is 11.9. The van der Waals surface area contributed by atoms with Gasteiger partial charge in [-0.1, -0.05) is 32.1 Å². The number of carboxylic acid groups (broad SMARTS) is 1. The highest BCUT2D eigenvalue weighted by atomic mass is 32.1. The van der Waals surface area contributed by atoms with Gasteiger partial charge in [0.25, 0.3) is 5.56 Å². The van der Waals surface area contributed by atoms with Crippen molar-refractivity contribution in [1.82, 2.24) is 4.57 Å². The second-order valence-electron chi connectivity index (χ2n) is 11.4. The van der Waals surface area contributed by atoms with Crippen molar-refractivity contribution in [2.45, 2.75) is 85.0 Å². The standard InChI is InChI=1S/C28H35NO4S/c1-16-14-20(16)29-13-10-19(15-21(29)30)25-23(18-8-11-28(6,7)12-9-18)22(17(2)34-25)24(26(31)32)33-27(3,4)5/h8,10,13,15,20,24H,1,9,11-12,14H2,2-7H3,(H,31,32). The largest absolute Gasteiger partial charge is 0.479 e. The number of hydrogen-bond acceptors (Lipinski definition) is 4. The van der Waals surface area contributed by atoms with Gasteiger partial charge in [0.15, 0.2) is 6.10 Å². The smallest absolute Gasteiger partial charge is 0.337 e. The number of aromatic nitrogens is 1. The van der Waals surface area contributed by atoms with E-state index in [0.29, 0.717) is 5.56 Å². The summed E-state index contributed by atoms with van der Waals surface area (Å²) in [6.07, 6.45) is 6.69. The Labute approximate surface area is 205 Å². The van der Waals surface area contributed by atoms with Crippen molar-refractivity contribution in [2.75, 3.05) is 0 Å². The van der Waals surface area contributed by atoms with Gasteiger partial charge in [0.05, 0.1) is 11.6 Å². The number of carbonyl (C=O) groups is 1. The number of nitrogens with zero attached hydrogens (tertiary/aromatic N) is 1. The third kappa shape index (κ3) is 4.98. The summed E-state index contributed by atoms with van der Waals surface area (Å²) in [4.78, 5) is 27.2. The van der Waals surface area contributed by atoms with Crippen molar-refractivity contribution in [3.8, 4) is 10.4 Å². The number of thiophene rings is 1. The molecule has 2 aromatic rings. The number of allylic oxidation sites excluding steroid dienone is 3. The third-order valence-corrected chi connectivity index (χ3v) is 7.86. The minimum Gasteiger partial charge on any atom is -0.479 e. The molecular weight excluding hydrogens is 446 g/mol. The molecule has 2 aromatic heterocycles. The summed E-state index contributed by atoms with van der Waals surface area (Å²) in [5.74, 6) is -0.997. The molecule has 0 spiro atoms. The molecule has 2 aliphatic carbocycles. The van der Waals surface area contributed by atoms with E-state index in [1.807, 2.05) is 40.0 Å². The van der Waals surface area contributed by atoms with E-state index < -0.39 is 17.7 Å². The van der Waals surface area contributed by atoms with Gasteiger partial charge in [-0.25, -0.2) is 4.79 Å². The molecule has 0 saturated heterocycles. The third-order valence-electron chi connectivity index (χ3n) is 6.69. The van der Waals surface area contributed by atoms with E-state index >= 15 is 0 Å². The van der Waals surface area contributed by atoms with Crippen LogP contribution in [0.3, 0.4) is 0 Å². The maximum Gasteiger partial charge on any atom is 0.337 e. The number of aryl methyl sites for hydroxylation is 1. The Morgan fingerprint density at radius 2 is 2.03 bits per heavy atom. The van der Waals surface area contributed by atoms with Crippen LogP contribution in [0.5, 0.6) is 0 Å². The number of carboxylic acids is 1. The summed E-state index contributed by atoms with van der Waals surface area (Å²) < 4.78 is 7.82. The van der Waals surface area contributed by atoms with Gasteiger partial charge in [0.2, 0.25) is 0 Å². The van der Waals surface area contributed by atoms with Crippen molar-refractivity contribution < 1.29 is 14.6 Å². The Morgan fingerprint density at radius 3 is 2.53 bits per heavy atom. The van der Waals surface area contributed by atoms with Crippen LogP contribution in [0.4, 0.5) is 0 Å². The quantitative estimate of drug-likeness (QED) is 0.455. The zero-order valence-electron chi connectivity index (χ0n) is 21.0. The number of ether oxygens (including phenoxy) is 1. The fourth-order valence-corrected chi connectivity index (χ4v) is 5.87. The molecule has 4 rings (SSSR count). The fraction of sp³-hybridized carbons (Fsp3) is 0.500. The molecule has 6 heteroatoms. The van der Waals surface area contributed by atoms with Crippen molar-refractivity contribution in [1.29, 1.82) is 0 Å². The topological polar surface area (TPSA) is 68.5 Å². The maximum absolute atomic E-state index is 12.9. The van der Waals surface area contributed by atoms with E-state index in [9.17, 15) is 14.7 Å². The molecule has 2 unspecified atom stereocenters. The summed E-state index contributed by atoms with van der Waals surface area (Å²) in [6.45, 7) is 16.1. The Kier molecular flexibility index (Phi) is 6.28. The minimum atomic E-state index is -1.08. The van der Waals surface area contributed by atoms with E-state index in [1.54, 1.807) is 22.0 Å².